The Labute approximate surface area is 139 Å². The molecular weight excluding hydrogens is 286 g/mol. The lowest BCUT2D eigenvalue weighted by molar-refractivity contribution is -0.126. The van der Waals surface area contributed by atoms with Crippen molar-refractivity contribution in [3.05, 3.63) is 28.6 Å². The summed E-state index contributed by atoms with van der Waals surface area (Å²) >= 11 is 0. The van der Waals surface area contributed by atoms with Crippen molar-refractivity contribution in [3.63, 3.8) is 0 Å². The van der Waals surface area contributed by atoms with Crippen LogP contribution in [0.2, 0.25) is 0 Å². The molecule has 0 bridgehead atoms. The first-order valence-corrected chi connectivity index (χ1v) is 8.66. The van der Waals surface area contributed by atoms with Crippen molar-refractivity contribution >= 4 is 12.0 Å². The van der Waals surface area contributed by atoms with Crippen LogP contribution in [-0.4, -0.2) is 28.5 Å². The van der Waals surface area contributed by atoms with Crippen molar-refractivity contribution < 1.29 is 4.79 Å². The zero-order valence-electron chi connectivity index (χ0n) is 14.6. The Morgan fingerprint density at radius 1 is 1.26 bits per heavy atom. The van der Waals surface area contributed by atoms with Gasteiger partial charge in [0.15, 0.2) is 0 Å². The minimum absolute atomic E-state index is 0.116. The predicted octanol–water partition coefficient (Wildman–Crippen LogP) is 3.82. The Bertz CT molecular complexity index is 626. The molecule has 0 aliphatic carbocycles. The fourth-order valence-electron chi connectivity index (χ4n) is 3.28. The number of aromatic nitrogens is 1. The average molecular weight is 313 g/mol. The van der Waals surface area contributed by atoms with Crippen LogP contribution < -0.4 is 0 Å². The molecule has 1 saturated heterocycles. The van der Waals surface area contributed by atoms with Crippen LogP contribution in [0.4, 0.5) is 0 Å². The van der Waals surface area contributed by atoms with Crippen LogP contribution in [0.3, 0.4) is 0 Å². The van der Waals surface area contributed by atoms with Gasteiger partial charge in [-0.2, -0.15) is 5.26 Å². The van der Waals surface area contributed by atoms with Crippen molar-refractivity contribution in [2.45, 2.75) is 59.4 Å². The molecule has 4 nitrogen and oxygen atoms in total. The summed E-state index contributed by atoms with van der Waals surface area (Å²) in [5.41, 5.74) is 3.54. The van der Waals surface area contributed by atoms with Gasteiger partial charge in [-0.3, -0.25) is 4.79 Å². The second-order valence-electron chi connectivity index (χ2n) is 6.35. The number of hydrogen-bond acceptors (Lipinski definition) is 2. The first-order valence-electron chi connectivity index (χ1n) is 8.66. The van der Waals surface area contributed by atoms with E-state index in [-0.39, 0.29) is 11.5 Å². The van der Waals surface area contributed by atoms with Gasteiger partial charge in [-0.1, -0.05) is 19.8 Å². The van der Waals surface area contributed by atoms with Crippen LogP contribution in [0.15, 0.2) is 11.6 Å². The van der Waals surface area contributed by atoms with E-state index in [1.165, 1.54) is 18.5 Å². The number of carbonyl (C=O) groups excluding carboxylic acids is 1. The second kappa shape index (κ2) is 8.01. The van der Waals surface area contributed by atoms with Crippen LogP contribution >= 0.6 is 0 Å². The largest absolute Gasteiger partial charge is 0.349 e. The number of likely N-dealkylation sites (tertiary alicyclic amines) is 1. The van der Waals surface area contributed by atoms with E-state index in [1.807, 2.05) is 4.90 Å². The maximum atomic E-state index is 12.6. The summed E-state index contributed by atoms with van der Waals surface area (Å²) < 4.78 is 2.25. The molecule has 2 rings (SSSR count). The van der Waals surface area contributed by atoms with Crippen LogP contribution in [0.1, 0.15) is 56.0 Å². The summed E-state index contributed by atoms with van der Waals surface area (Å²) in [7, 11) is 0. The molecule has 0 aromatic carbocycles. The van der Waals surface area contributed by atoms with Crippen molar-refractivity contribution in [2.75, 3.05) is 13.1 Å². The molecule has 1 aromatic heterocycles. The van der Waals surface area contributed by atoms with Crippen LogP contribution in [0, 0.1) is 25.2 Å². The first kappa shape index (κ1) is 17.3. The number of nitriles is 1. The normalized spacial score (nSPS) is 16.1. The Morgan fingerprint density at radius 3 is 2.48 bits per heavy atom. The van der Waals surface area contributed by atoms with Gasteiger partial charge in [-0.25, -0.2) is 0 Å². The Hall–Kier alpha value is -2.02. The SMILES string of the molecule is CCCn1c(C)cc(/C=C(/C#N)C(=O)N2CCCCCC2)c1C. The van der Waals surface area contributed by atoms with Gasteiger partial charge in [0, 0.05) is 31.0 Å². The van der Waals surface area contributed by atoms with Crippen LogP contribution in [0.25, 0.3) is 6.08 Å². The van der Waals surface area contributed by atoms with Gasteiger partial charge in [-0.05, 0) is 50.8 Å². The summed E-state index contributed by atoms with van der Waals surface area (Å²) in [4.78, 5) is 14.5. The lowest BCUT2D eigenvalue weighted by Gasteiger charge is -2.19. The van der Waals surface area contributed by atoms with Crippen molar-refractivity contribution in [3.8, 4) is 6.07 Å². The summed E-state index contributed by atoms with van der Waals surface area (Å²) in [6.07, 6.45) is 7.26. The van der Waals surface area contributed by atoms with Crippen LogP contribution in [-0.2, 0) is 11.3 Å². The van der Waals surface area contributed by atoms with E-state index < -0.39 is 0 Å². The molecule has 0 atom stereocenters. The lowest BCUT2D eigenvalue weighted by atomic mass is 10.1. The maximum absolute atomic E-state index is 12.6. The lowest BCUT2D eigenvalue weighted by Crippen LogP contribution is -2.32. The summed E-state index contributed by atoms with van der Waals surface area (Å²) in [5.74, 6) is -0.116. The van der Waals surface area contributed by atoms with E-state index in [9.17, 15) is 10.1 Å². The number of rotatable bonds is 4. The molecule has 4 heteroatoms. The molecule has 1 fully saturated rings. The fraction of sp³-hybridized carbons (Fsp3) is 0.579. The van der Waals surface area contributed by atoms with Gasteiger partial charge in [0.2, 0.25) is 0 Å². The maximum Gasteiger partial charge on any atom is 0.264 e. The monoisotopic (exact) mass is 313 g/mol. The number of amides is 1. The van der Waals surface area contributed by atoms with Gasteiger partial charge in [0.25, 0.3) is 5.91 Å². The van der Waals surface area contributed by atoms with Gasteiger partial charge in [-0.15, -0.1) is 0 Å². The highest BCUT2D eigenvalue weighted by Crippen LogP contribution is 2.20. The smallest absolute Gasteiger partial charge is 0.264 e. The zero-order chi connectivity index (χ0) is 16.8. The third-order valence-electron chi connectivity index (χ3n) is 4.60. The van der Waals surface area contributed by atoms with E-state index in [4.69, 9.17) is 0 Å². The van der Waals surface area contributed by atoms with Crippen molar-refractivity contribution in [1.29, 1.82) is 5.26 Å². The van der Waals surface area contributed by atoms with Crippen molar-refractivity contribution in [2.24, 2.45) is 0 Å². The number of hydrogen-bond donors (Lipinski definition) is 0. The molecule has 0 saturated carbocycles. The van der Waals surface area contributed by atoms with E-state index in [1.54, 1.807) is 6.08 Å². The predicted molar refractivity (Wildman–Crippen MR) is 92.8 cm³/mol. The third-order valence-corrected chi connectivity index (χ3v) is 4.60. The Kier molecular flexibility index (Phi) is 6.04. The highest BCUT2D eigenvalue weighted by Gasteiger charge is 2.20. The van der Waals surface area contributed by atoms with Crippen molar-refractivity contribution in [1.82, 2.24) is 9.47 Å². The molecule has 0 radical (unpaired) electrons. The topological polar surface area (TPSA) is 49.0 Å². The van der Waals surface area contributed by atoms with E-state index in [2.05, 4.69) is 37.5 Å². The average Bonchev–Trinajstić information content (AvgIpc) is 2.77. The third kappa shape index (κ3) is 4.04. The first-order chi connectivity index (χ1) is 11.1. The summed E-state index contributed by atoms with van der Waals surface area (Å²) in [5, 5.41) is 9.46. The second-order valence-corrected chi connectivity index (χ2v) is 6.35. The molecule has 0 spiro atoms. The molecule has 1 aliphatic rings. The molecule has 0 unspecified atom stereocenters. The number of nitrogens with zero attached hydrogens (tertiary/aromatic N) is 3. The minimum atomic E-state index is -0.116. The Morgan fingerprint density at radius 2 is 1.91 bits per heavy atom. The molecule has 1 aliphatic heterocycles. The number of carbonyl (C=O) groups is 1. The van der Waals surface area contributed by atoms with E-state index in [0.29, 0.717) is 0 Å². The molecule has 23 heavy (non-hydrogen) atoms. The van der Waals surface area contributed by atoms with Crippen LogP contribution in [0.5, 0.6) is 0 Å². The summed E-state index contributed by atoms with van der Waals surface area (Å²) in [6.45, 7) is 8.79. The minimum Gasteiger partial charge on any atom is -0.349 e. The van der Waals surface area contributed by atoms with Gasteiger partial charge >= 0.3 is 0 Å². The molecular formula is C19H27N3O. The molecule has 1 aromatic rings. The molecule has 124 valence electrons. The molecule has 0 N–H and O–H groups in total. The zero-order valence-corrected chi connectivity index (χ0v) is 14.6. The Balaban J connectivity index is 2.26. The van der Waals surface area contributed by atoms with E-state index >= 15 is 0 Å². The van der Waals surface area contributed by atoms with Gasteiger partial charge in [0.1, 0.15) is 11.6 Å². The quantitative estimate of drug-likeness (QED) is 0.626. The highest BCUT2D eigenvalue weighted by atomic mass is 16.2. The molecule has 1 amide bonds. The van der Waals surface area contributed by atoms with Gasteiger partial charge in [0.05, 0.1) is 0 Å². The molecule has 2 heterocycles. The van der Waals surface area contributed by atoms with Gasteiger partial charge < -0.3 is 9.47 Å². The fourth-order valence-corrected chi connectivity index (χ4v) is 3.28. The highest BCUT2D eigenvalue weighted by molar-refractivity contribution is 6.01. The number of aryl methyl sites for hydroxylation is 1. The van der Waals surface area contributed by atoms with E-state index in [0.717, 1.165) is 50.2 Å². The standard InChI is InChI=1S/C19H27N3O/c1-4-9-22-15(2)12-17(16(22)3)13-18(14-20)19(23)21-10-7-5-6-8-11-21/h12-13H,4-11H2,1-3H3/b18-13-. The summed E-state index contributed by atoms with van der Waals surface area (Å²) in [6, 6.07) is 4.18.